The van der Waals surface area contributed by atoms with Gasteiger partial charge in [0.15, 0.2) is 0 Å². The molecule has 0 fully saturated rings. The van der Waals surface area contributed by atoms with Gasteiger partial charge >= 0.3 is 5.97 Å². The van der Waals surface area contributed by atoms with Crippen LogP contribution in [0.4, 0.5) is 11.4 Å². The van der Waals surface area contributed by atoms with Crippen molar-refractivity contribution in [3.05, 3.63) is 88.4 Å². The molecule has 0 aliphatic rings. The maximum absolute atomic E-state index is 13.4. The van der Waals surface area contributed by atoms with Crippen LogP contribution in [0.15, 0.2) is 82.2 Å². The summed E-state index contributed by atoms with van der Waals surface area (Å²) in [6.07, 6.45) is 0. The first kappa shape index (κ1) is 24.5. The summed E-state index contributed by atoms with van der Waals surface area (Å²) in [4.78, 5) is 25.1. The maximum Gasteiger partial charge on any atom is 0.338 e. The number of rotatable bonds is 8. The second-order valence-corrected chi connectivity index (χ2v) is 9.88. The van der Waals surface area contributed by atoms with E-state index in [-0.39, 0.29) is 11.5 Å². The number of amides is 1. The molecule has 0 bridgehead atoms. The number of anilines is 2. The van der Waals surface area contributed by atoms with Crippen molar-refractivity contribution < 1.29 is 22.7 Å². The smallest absolute Gasteiger partial charge is 0.338 e. The van der Waals surface area contributed by atoms with Crippen molar-refractivity contribution in [3.63, 3.8) is 0 Å². The van der Waals surface area contributed by atoms with Crippen LogP contribution < -0.4 is 9.62 Å². The monoisotopic (exact) mass is 530 g/mol. The SMILES string of the molecule is CCOC(=O)c1ccc(C)c(NC(=O)CN(c2cccc(Br)c2)S(=O)(=O)c2ccccc2)c1. The number of aryl methyl sites for hydroxylation is 1. The minimum atomic E-state index is -4.02. The number of ether oxygens (including phenoxy) is 1. The molecule has 0 heterocycles. The molecule has 0 aliphatic heterocycles. The Labute approximate surface area is 201 Å². The Hall–Kier alpha value is -3.17. The fourth-order valence-electron chi connectivity index (χ4n) is 3.08. The van der Waals surface area contributed by atoms with Gasteiger partial charge in [0, 0.05) is 10.2 Å². The van der Waals surface area contributed by atoms with Crippen molar-refractivity contribution in [2.24, 2.45) is 0 Å². The van der Waals surface area contributed by atoms with Crippen LogP contribution in [0.1, 0.15) is 22.8 Å². The van der Waals surface area contributed by atoms with E-state index < -0.39 is 28.4 Å². The highest BCUT2D eigenvalue weighted by molar-refractivity contribution is 9.10. The molecule has 3 aromatic rings. The Morgan fingerprint density at radius 2 is 1.73 bits per heavy atom. The molecule has 9 heteroatoms. The second kappa shape index (κ2) is 10.6. The molecule has 3 rings (SSSR count). The lowest BCUT2D eigenvalue weighted by atomic mass is 10.1. The van der Waals surface area contributed by atoms with E-state index in [2.05, 4.69) is 21.2 Å². The zero-order valence-corrected chi connectivity index (χ0v) is 20.5. The third-order valence-electron chi connectivity index (χ3n) is 4.74. The predicted molar refractivity (Wildman–Crippen MR) is 131 cm³/mol. The zero-order valence-electron chi connectivity index (χ0n) is 18.1. The maximum atomic E-state index is 13.4. The van der Waals surface area contributed by atoms with Gasteiger partial charge in [-0.05, 0) is 61.9 Å². The van der Waals surface area contributed by atoms with Gasteiger partial charge in [0.2, 0.25) is 5.91 Å². The van der Waals surface area contributed by atoms with Crippen LogP contribution >= 0.6 is 15.9 Å². The summed E-state index contributed by atoms with van der Waals surface area (Å²) in [5.41, 5.74) is 1.74. The largest absolute Gasteiger partial charge is 0.462 e. The highest BCUT2D eigenvalue weighted by atomic mass is 79.9. The van der Waals surface area contributed by atoms with E-state index in [1.165, 1.54) is 18.2 Å². The highest BCUT2D eigenvalue weighted by Gasteiger charge is 2.27. The molecule has 0 radical (unpaired) electrons. The first-order valence-corrected chi connectivity index (χ1v) is 12.4. The average molecular weight is 531 g/mol. The normalized spacial score (nSPS) is 11.0. The van der Waals surface area contributed by atoms with E-state index in [0.29, 0.717) is 21.4 Å². The van der Waals surface area contributed by atoms with Crippen LogP contribution in [0.3, 0.4) is 0 Å². The molecule has 7 nitrogen and oxygen atoms in total. The Morgan fingerprint density at radius 1 is 1.00 bits per heavy atom. The standard InChI is InChI=1S/C24H23BrN2O5S/c1-3-32-24(29)18-13-12-17(2)22(14-18)26-23(28)16-27(20-9-7-8-19(25)15-20)33(30,31)21-10-5-4-6-11-21/h4-15H,3,16H2,1-2H3,(H,26,28). The highest BCUT2D eigenvalue weighted by Crippen LogP contribution is 2.26. The van der Waals surface area contributed by atoms with Crippen LogP contribution in [-0.4, -0.2) is 33.4 Å². The number of carbonyl (C=O) groups is 2. The Morgan fingerprint density at radius 3 is 2.39 bits per heavy atom. The molecule has 1 amide bonds. The van der Waals surface area contributed by atoms with Crippen molar-refractivity contribution in [1.82, 2.24) is 0 Å². The molecule has 172 valence electrons. The third kappa shape index (κ3) is 6.00. The molecule has 0 saturated carbocycles. The molecule has 0 atom stereocenters. The Balaban J connectivity index is 1.92. The van der Waals surface area contributed by atoms with Crippen LogP contribution in [0, 0.1) is 6.92 Å². The number of hydrogen-bond acceptors (Lipinski definition) is 5. The number of nitrogens with zero attached hydrogens (tertiary/aromatic N) is 1. The van der Waals surface area contributed by atoms with E-state index in [4.69, 9.17) is 4.74 Å². The quantitative estimate of drug-likeness (QED) is 0.423. The average Bonchev–Trinajstić information content (AvgIpc) is 2.79. The van der Waals surface area contributed by atoms with Gasteiger partial charge in [-0.1, -0.05) is 46.3 Å². The number of halogens is 1. The zero-order chi connectivity index (χ0) is 24.0. The van der Waals surface area contributed by atoms with Crippen LogP contribution in [0.25, 0.3) is 0 Å². The summed E-state index contributed by atoms with van der Waals surface area (Å²) < 4.78 is 33.5. The van der Waals surface area contributed by atoms with Gasteiger partial charge in [0.1, 0.15) is 6.54 Å². The minimum Gasteiger partial charge on any atom is -0.462 e. The van der Waals surface area contributed by atoms with Gasteiger partial charge in [0.25, 0.3) is 10.0 Å². The molecule has 1 N–H and O–H groups in total. The van der Waals surface area contributed by atoms with Crippen LogP contribution in [0.5, 0.6) is 0 Å². The van der Waals surface area contributed by atoms with Crippen molar-refractivity contribution >= 4 is 49.2 Å². The van der Waals surface area contributed by atoms with Crippen molar-refractivity contribution in [2.75, 3.05) is 22.8 Å². The number of esters is 1. The number of carbonyl (C=O) groups excluding carboxylic acids is 2. The molecule has 33 heavy (non-hydrogen) atoms. The number of nitrogens with one attached hydrogen (secondary N) is 1. The summed E-state index contributed by atoms with van der Waals surface area (Å²) in [6.45, 7) is 3.25. The van der Waals surface area contributed by atoms with Crippen LogP contribution in [0.2, 0.25) is 0 Å². The topological polar surface area (TPSA) is 92.8 Å². The summed E-state index contributed by atoms with van der Waals surface area (Å²) in [6, 6.07) is 19.4. The Kier molecular flexibility index (Phi) is 7.88. The molecule has 0 spiro atoms. The first-order chi connectivity index (χ1) is 15.7. The van der Waals surface area contributed by atoms with E-state index in [0.717, 1.165) is 9.87 Å². The predicted octanol–water partition coefficient (Wildman–Crippen LogP) is 4.77. The van der Waals surface area contributed by atoms with Gasteiger partial charge in [-0.25, -0.2) is 13.2 Å². The molecule has 0 aliphatic carbocycles. The Bertz CT molecular complexity index is 1260. The van der Waals surface area contributed by atoms with Gasteiger partial charge in [0.05, 0.1) is 22.8 Å². The van der Waals surface area contributed by atoms with Crippen molar-refractivity contribution in [3.8, 4) is 0 Å². The fourth-order valence-corrected chi connectivity index (χ4v) is 4.91. The van der Waals surface area contributed by atoms with E-state index in [9.17, 15) is 18.0 Å². The van der Waals surface area contributed by atoms with Gasteiger partial charge in [-0.15, -0.1) is 0 Å². The summed E-state index contributed by atoms with van der Waals surface area (Å²) in [5.74, 6) is -1.06. The number of sulfonamides is 1. The fraction of sp³-hybridized carbons (Fsp3) is 0.167. The molecular formula is C24H23BrN2O5S. The molecule has 0 aromatic heterocycles. The minimum absolute atomic E-state index is 0.0678. The summed E-state index contributed by atoms with van der Waals surface area (Å²) in [7, 11) is -4.02. The molecular weight excluding hydrogens is 508 g/mol. The lowest BCUT2D eigenvalue weighted by Crippen LogP contribution is -2.38. The first-order valence-electron chi connectivity index (χ1n) is 10.1. The molecule has 3 aromatic carbocycles. The molecule has 0 unspecified atom stereocenters. The van der Waals surface area contributed by atoms with Crippen molar-refractivity contribution in [1.29, 1.82) is 0 Å². The summed E-state index contributed by atoms with van der Waals surface area (Å²) >= 11 is 3.35. The van der Waals surface area contributed by atoms with E-state index in [1.807, 2.05) is 0 Å². The molecule has 0 saturated heterocycles. The third-order valence-corrected chi connectivity index (χ3v) is 7.02. The van der Waals surface area contributed by atoms with Gasteiger partial charge < -0.3 is 10.1 Å². The van der Waals surface area contributed by atoms with E-state index >= 15 is 0 Å². The van der Waals surface area contributed by atoms with Crippen molar-refractivity contribution in [2.45, 2.75) is 18.7 Å². The number of benzene rings is 3. The van der Waals surface area contributed by atoms with Crippen LogP contribution in [-0.2, 0) is 19.6 Å². The van der Waals surface area contributed by atoms with Gasteiger partial charge in [-0.3, -0.25) is 9.10 Å². The number of hydrogen-bond donors (Lipinski definition) is 1. The summed E-state index contributed by atoms with van der Waals surface area (Å²) in [5, 5.41) is 2.72. The second-order valence-electron chi connectivity index (χ2n) is 7.10. The lowest BCUT2D eigenvalue weighted by molar-refractivity contribution is -0.114. The van der Waals surface area contributed by atoms with E-state index in [1.54, 1.807) is 68.4 Å². The lowest BCUT2D eigenvalue weighted by Gasteiger charge is -2.24. The van der Waals surface area contributed by atoms with Gasteiger partial charge in [-0.2, -0.15) is 0 Å².